The molecule has 0 radical (unpaired) electrons. The molecule has 1 aromatic heterocycles. The van der Waals surface area contributed by atoms with Crippen molar-refractivity contribution in [3.05, 3.63) is 52.2 Å². The molecule has 0 atom stereocenters. The fraction of sp³-hybridized carbons (Fsp3) is 0.353. The lowest BCUT2D eigenvalue weighted by molar-refractivity contribution is -0.134. The molecule has 1 fully saturated rings. The number of aryl methyl sites for hydroxylation is 1. The van der Waals surface area contributed by atoms with Crippen LogP contribution in [0.15, 0.2) is 41.1 Å². The van der Waals surface area contributed by atoms with Gasteiger partial charge in [-0.2, -0.15) is 11.3 Å². The van der Waals surface area contributed by atoms with E-state index in [1.165, 1.54) is 11.1 Å². The number of hydrogen-bond acceptors (Lipinski definition) is 3. The maximum Gasteiger partial charge on any atom is 0.261 e. The number of benzene rings is 1. The lowest BCUT2D eigenvalue weighted by Gasteiger charge is -2.22. The second-order valence-corrected chi connectivity index (χ2v) is 6.27. The molecule has 0 unspecified atom stereocenters. The minimum atomic E-state index is 0.0734. The summed E-state index contributed by atoms with van der Waals surface area (Å²) in [5.41, 5.74) is 2.39. The molecule has 0 N–H and O–H groups in total. The minimum absolute atomic E-state index is 0.0734. The predicted molar refractivity (Wildman–Crippen MR) is 84.6 cm³/mol. The van der Waals surface area contributed by atoms with Crippen molar-refractivity contribution in [1.82, 2.24) is 4.90 Å². The molecule has 21 heavy (non-hydrogen) atoms. The maximum absolute atomic E-state index is 12.4. The van der Waals surface area contributed by atoms with E-state index in [0.29, 0.717) is 12.6 Å². The maximum atomic E-state index is 12.4. The number of carbonyl (C=O) groups excluding carboxylic acids is 1. The first-order valence-corrected chi connectivity index (χ1v) is 8.16. The monoisotopic (exact) mass is 301 g/mol. The van der Waals surface area contributed by atoms with E-state index in [-0.39, 0.29) is 12.5 Å². The fourth-order valence-corrected chi connectivity index (χ4v) is 2.91. The smallest absolute Gasteiger partial charge is 0.261 e. The Kier molecular flexibility index (Phi) is 4.25. The highest BCUT2D eigenvalue weighted by atomic mass is 32.1. The van der Waals surface area contributed by atoms with Crippen molar-refractivity contribution in [2.45, 2.75) is 32.4 Å². The molecule has 3 nitrogen and oxygen atoms in total. The number of amides is 1. The van der Waals surface area contributed by atoms with Gasteiger partial charge in [0.15, 0.2) is 6.61 Å². The highest BCUT2D eigenvalue weighted by molar-refractivity contribution is 7.07. The van der Waals surface area contributed by atoms with Gasteiger partial charge in [0.25, 0.3) is 5.91 Å². The van der Waals surface area contributed by atoms with Gasteiger partial charge in [0.2, 0.25) is 0 Å². The number of carbonyl (C=O) groups is 1. The Hall–Kier alpha value is -1.81. The Labute approximate surface area is 129 Å². The predicted octanol–water partition coefficient (Wildman–Crippen LogP) is 3.63. The van der Waals surface area contributed by atoms with Crippen LogP contribution >= 0.6 is 11.3 Å². The summed E-state index contributed by atoms with van der Waals surface area (Å²) in [6, 6.07) is 10.3. The van der Waals surface area contributed by atoms with Crippen LogP contribution in [0.5, 0.6) is 5.75 Å². The average Bonchev–Trinajstić information content (AvgIpc) is 3.20. The Morgan fingerprint density at radius 2 is 2.05 bits per heavy atom. The van der Waals surface area contributed by atoms with Gasteiger partial charge in [-0.05, 0) is 54.3 Å². The van der Waals surface area contributed by atoms with E-state index < -0.39 is 0 Å². The van der Waals surface area contributed by atoms with Crippen molar-refractivity contribution < 1.29 is 9.53 Å². The molecule has 1 amide bonds. The van der Waals surface area contributed by atoms with E-state index in [1.54, 1.807) is 11.3 Å². The minimum Gasteiger partial charge on any atom is -0.484 e. The van der Waals surface area contributed by atoms with Crippen LogP contribution < -0.4 is 4.74 Å². The SMILES string of the molecule is Cc1ccc(OCC(=O)N(Cc2ccsc2)C2CC2)cc1. The largest absolute Gasteiger partial charge is 0.484 e. The van der Waals surface area contributed by atoms with Crippen LogP contribution in [0, 0.1) is 6.92 Å². The van der Waals surface area contributed by atoms with Crippen molar-refractivity contribution in [2.75, 3.05) is 6.61 Å². The number of ether oxygens (including phenoxy) is 1. The molecule has 0 saturated heterocycles. The molecule has 110 valence electrons. The Morgan fingerprint density at radius 3 is 2.67 bits per heavy atom. The van der Waals surface area contributed by atoms with Crippen molar-refractivity contribution in [3.8, 4) is 5.75 Å². The summed E-state index contributed by atoms with van der Waals surface area (Å²) in [4.78, 5) is 14.4. The van der Waals surface area contributed by atoms with Crippen molar-refractivity contribution >= 4 is 17.2 Å². The summed E-state index contributed by atoms with van der Waals surface area (Å²) in [5, 5.41) is 4.15. The molecule has 4 heteroatoms. The number of nitrogens with zero attached hydrogens (tertiary/aromatic N) is 1. The van der Waals surface area contributed by atoms with Crippen LogP contribution in [0.1, 0.15) is 24.0 Å². The first-order chi connectivity index (χ1) is 10.2. The van der Waals surface area contributed by atoms with Gasteiger partial charge in [0.1, 0.15) is 5.75 Å². The van der Waals surface area contributed by atoms with E-state index in [9.17, 15) is 4.79 Å². The van der Waals surface area contributed by atoms with Crippen LogP contribution in [0.25, 0.3) is 0 Å². The van der Waals surface area contributed by atoms with Crippen LogP contribution in [0.3, 0.4) is 0 Å². The quantitative estimate of drug-likeness (QED) is 0.815. The Bertz CT molecular complexity index is 588. The van der Waals surface area contributed by atoms with Crippen molar-refractivity contribution in [3.63, 3.8) is 0 Å². The summed E-state index contributed by atoms with van der Waals surface area (Å²) in [6.45, 7) is 2.85. The normalized spacial score (nSPS) is 14.0. The molecule has 3 rings (SSSR count). The Morgan fingerprint density at radius 1 is 1.29 bits per heavy atom. The third-order valence-corrected chi connectivity index (χ3v) is 4.36. The lowest BCUT2D eigenvalue weighted by atomic mass is 10.2. The summed E-state index contributed by atoms with van der Waals surface area (Å²) in [6.07, 6.45) is 2.22. The van der Waals surface area contributed by atoms with Gasteiger partial charge in [-0.1, -0.05) is 17.7 Å². The van der Waals surface area contributed by atoms with E-state index in [4.69, 9.17) is 4.74 Å². The lowest BCUT2D eigenvalue weighted by Crippen LogP contribution is -2.36. The molecule has 0 spiro atoms. The second kappa shape index (κ2) is 6.31. The van der Waals surface area contributed by atoms with Crippen molar-refractivity contribution in [2.24, 2.45) is 0 Å². The molecule has 1 aromatic carbocycles. The topological polar surface area (TPSA) is 29.5 Å². The highest BCUT2D eigenvalue weighted by Gasteiger charge is 2.32. The zero-order chi connectivity index (χ0) is 14.7. The number of thiophene rings is 1. The molecule has 2 aromatic rings. The fourth-order valence-electron chi connectivity index (χ4n) is 2.25. The van der Waals surface area contributed by atoms with Crippen LogP contribution in [-0.2, 0) is 11.3 Å². The average molecular weight is 301 g/mol. The second-order valence-electron chi connectivity index (χ2n) is 5.49. The third-order valence-electron chi connectivity index (χ3n) is 3.62. The van der Waals surface area contributed by atoms with Crippen LogP contribution in [0.4, 0.5) is 0 Å². The van der Waals surface area contributed by atoms with Gasteiger partial charge in [0, 0.05) is 12.6 Å². The van der Waals surface area contributed by atoms with Gasteiger partial charge >= 0.3 is 0 Å². The van der Waals surface area contributed by atoms with Crippen molar-refractivity contribution in [1.29, 1.82) is 0 Å². The number of hydrogen-bond donors (Lipinski definition) is 0. The highest BCUT2D eigenvalue weighted by Crippen LogP contribution is 2.29. The van der Waals surface area contributed by atoms with Gasteiger partial charge < -0.3 is 9.64 Å². The zero-order valence-electron chi connectivity index (χ0n) is 12.1. The van der Waals surface area contributed by atoms with Gasteiger partial charge in [-0.15, -0.1) is 0 Å². The van der Waals surface area contributed by atoms with E-state index in [1.807, 2.05) is 41.5 Å². The summed E-state index contributed by atoms with van der Waals surface area (Å²) >= 11 is 1.67. The third kappa shape index (κ3) is 3.85. The molecule has 1 aliphatic rings. The zero-order valence-corrected chi connectivity index (χ0v) is 12.9. The molecular formula is C17H19NO2S. The molecule has 1 aliphatic carbocycles. The van der Waals surface area contributed by atoms with Gasteiger partial charge in [-0.3, -0.25) is 4.79 Å². The van der Waals surface area contributed by atoms with Crippen LogP contribution in [-0.4, -0.2) is 23.5 Å². The molecule has 1 heterocycles. The van der Waals surface area contributed by atoms with Gasteiger partial charge in [0.05, 0.1) is 0 Å². The standard InChI is InChI=1S/C17H19NO2S/c1-13-2-6-16(7-3-13)20-11-17(19)18(15-4-5-15)10-14-8-9-21-12-14/h2-3,6-9,12,15H,4-5,10-11H2,1H3. The summed E-state index contributed by atoms with van der Waals surface area (Å²) < 4.78 is 5.61. The number of rotatable bonds is 6. The Balaban J connectivity index is 1.58. The molecular weight excluding hydrogens is 282 g/mol. The first-order valence-electron chi connectivity index (χ1n) is 7.22. The molecule has 1 saturated carbocycles. The summed E-state index contributed by atoms with van der Waals surface area (Å²) in [5.74, 6) is 0.824. The molecule has 0 bridgehead atoms. The van der Waals surface area contributed by atoms with Gasteiger partial charge in [-0.25, -0.2) is 0 Å². The van der Waals surface area contributed by atoms with E-state index in [2.05, 4.69) is 11.4 Å². The first kappa shape index (κ1) is 14.1. The van der Waals surface area contributed by atoms with Crippen LogP contribution in [0.2, 0.25) is 0 Å². The molecule has 0 aliphatic heterocycles. The van der Waals surface area contributed by atoms with E-state index >= 15 is 0 Å². The summed E-state index contributed by atoms with van der Waals surface area (Å²) in [7, 11) is 0. The van der Waals surface area contributed by atoms with E-state index in [0.717, 1.165) is 18.6 Å².